The second-order valence-electron chi connectivity index (χ2n) is 6.32. The average molecular weight is 376 g/mol. The van der Waals surface area contributed by atoms with Crippen molar-refractivity contribution in [3.8, 4) is 5.75 Å². The molecule has 0 saturated heterocycles. The van der Waals surface area contributed by atoms with Gasteiger partial charge >= 0.3 is 0 Å². The van der Waals surface area contributed by atoms with E-state index in [1.54, 1.807) is 7.11 Å². The smallest absolute Gasteiger partial charge is 0.283 e. The molecule has 3 aromatic carbocycles. The minimum atomic E-state index is -0.283. The van der Waals surface area contributed by atoms with E-state index in [2.05, 4.69) is 28.6 Å². The van der Waals surface area contributed by atoms with Crippen LogP contribution in [0, 0.1) is 0 Å². The number of carbonyl (C=O) groups excluding carboxylic acids is 1. The largest absolute Gasteiger partial charge is 0.496 e. The highest BCUT2D eigenvalue weighted by Crippen LogP contribution is 2.26. The summed E-state index contributed by atoms with van der Waals surface area (Å²) >= 11 is 1.54. The Morgan fingerprint density at radius 3 is 2.52 bits per heavy atom. The van der Waals surface area contributed by atoms with Gasteiger partial charge in [-0.15, -0.1) is 0 Å². The molecule has 0 atom stereocenters. The Morgan fingerprint density at radius 2 is 1.78 bits per heavy atom. The van der Waals surface area contributed by atoms with E-state index in [-0.39, 0.29) is 5.91 Å². The fraction of sp³-hybridized carbons (Fsp3) is 0.182. The van der Waals surface area contributed by atoms with E-state index in [9.17, 15) is 4.79 Å². The van der Waals surface area contributed by atoms with Crippen molar-refractivity contribution in [3.05, 3.63) is 71.0 Å². The molecule has 0 bridgehead atoms. The van der Waals surface area contributed by atoms with Gasteiger partial charge in [0.15, 0.2) is 4.80 Å². The molecule has 0 N–H and O–H groups in total. The van der Waals surface area contributed by atoms with Crippen molar-refractivity contribution in [3.63, 3.8) is 0 Å². The van der Waals surface area contributed by atoms with E-state index in [1.165, 1.54) is 11.3 Å². The van der Waals surface area contributed by atoms with E-state index in [4.69, 9.17) is 4.74 Å². The van der Waals surface area contributed by atoms with Gasteiger partial charge in [0.2, 0.25) is 0 Å². The van der Waals surface area contributed by atoms with E-state index in [1.807, 2.05) is 48.5 Å². The van der Waals surface area contributed by atoms with Gasteiger partial charge in [0.1, 0.15) is 5.75 Å². The number of fused-ring (bicyclic) bond motifs is 2. The monoisotopic (exact) mass is 376 g/mol. The molecule has 5 heteroatoms. The third-order valence-corrected chi connectivity index (χ3v) is 5.59. The van der Waals surface area contributed by atoms with Crippen LogP contribution in [0.4, 0.5) is 0 Å². The summed E-state index contributed by atoms with van der Waals surface area (Å²) in [6.07, 6.45) is 0.974. The molecule has 0 saturated carbocycles. The Balaban J connectivity index is 1.88. The first-order valence-electron chi connectivity index (χ1n) is 8.95. The average Bonchev–Trinajstić information content (AvgIpc) is 3.04. The summed E-state index contributed by atoms with van der Waals surface area (Å²) in [6.45, 7) is 2.95. The minimum Gasteiger partial charge on any atom is -0.496 e. The van der Waals surface area contributed by atoms with Gasteiger partial charge in [0, 0.05) is 6.54 Å². The van der Waals surface area contributed by atoms with Crippen molar-refractivity contribution >= 4 is 38.2 Å². The van der Waals surface area contributed by atoms with E-state index in [0.717, 1.165) is 38.8 Å². The number of amides is 1. The van der Waals surface area contributed by atoms with E-state index in [0.29, 0.717) is 11.3 Å². The Morgan fingerprint density at radius 1 is 1.07 bits per heavy atom. The molecular formula is C22H20N2O2S. The number of hydrogen-bond acceptors (Lipinski definition) is 3. The van der Waals surface area contributed by atoms with Gasteiger partial charge in [-0.25, -0.2) is 0 Å². The Kier molecular flexibility index (Phi) is 4.77. The molecule has 4 rings (SSSR count). The highest BCUT2D eigenvalue weighted by atomic mass is 32.1. The van der Waals surface area contributed by atoms with Gasteiger partial charge in [0.05, 0.1) is 22.9 Å². The Hall–Kier alpha value is -2.92. The number of aryl methyl sites for hydroxylation is 1. The lowest BCUT2D eigenvalue weighted by molar-refractivity contribution is 0.0995. The third-order valence-electron chi connectivity index (χ3n) is 4.53. The summed E-state index contributed by atoms with van der Waals surface area (Å²) in [6, 6.07) is 19.8. The van der Waals surface area contributed by atoms with Crippen LogP contribution in [0.3, 0.4) is 0 Å². The highest BCUT2D eigenvalue weighted by Gasteiger charge is 2.14. The zero-order valence-electron chi connectivity index (χ0n) is 15.3. The summed E-state index contributed by atoms with van der Waals surface area (Å²) < 4.78 is 8.71. The molecule has 136 valence electrons. The molecule has 0 aliphatic heterocycles. The maximum atomic E-state index is 13.0. The number of ether oxygens (including phenoxy) is 1. The first kappa shape index (κ1) is 17.5. The number of hydrogen-bond donors (Lipinski definition) is 0. The fourth-order valence-corrected chi connectivity index (χ4v) is 4.30. The molecule has 1 amide bonds. The maximum absolute atomic E-state index is 13.0. The number of methoxy groups -OCH3 is 1. The van der Waals surface area contributed by atoms with Gasteiger partial charge < -0.3 is 9.30 Å². The number of nitrogens with zero attached hydrogens (tertiary/aromatic N) is 2. The van der Waals surface area contributed by atoms with Crippen molar-refractivity contribution in [1.29, 1.82) is 0 Å². The molecule has 0 aliphatic rings. The van der Waals surface area contributed by atoms with Crippen LogP contribution >= 0.6 is 11.3 Å². The summed E-state index contributed by atoms with van der Waals surface area (Å²) in [5, 5.41) is 2.03. The second kappa shape index (κ2) is 7.37. The van der Waals surface area contributed by atoms with Gasteiger partial charge in [-0.05, 0) is 41.5 Å². The Labute approximate surface area is 161 Å². The Bertz CT molecular complexity index is 1200. The van der Waals surface area contributed by atoms with Crippen LogP contribution in [0.5, 0.6) is 5.75 Å². The molecule has 1 aromatic heterocycles. The molecule has 27 heavy (non-hydrogen) atoms. The number of benzene rings is 3. The lowest BCUT2D eigenvalue weighted by Gasteiger charge is -2.08. The van der Waals surface area contributed by atoms with Gasteiger partial charge in [-0.3, -0.25) is 4.79 Å². The zero-order chi connectivity index (χ0) is 18.8. The number of rotatable bonds is 4. The maximum Gasteiger partial charge on any atom is 0.283 e. The van der Waals surface area contributed by atoms with Crippen LogP contribution in [0.1, 0.15) is 23.7 Å². The van der Waals surface area contributed by atoms with Gasteiger partial charge in [-0.1, -0.05) is 54.7 Å². The van der Waals surface area contributed by atoms with Crippen molar-refractivity contribution in [1.82, 2.24) is 4.57 Å². The standard InChI is InChI=1S/C22H20N2O2S/c1-3-12-24-18-10-6-7-11-20(18)27-22(24)23-21(25)17-13-15-8-4-5-9-16(15)14-19(17)26-2/h4-11,13-14H,3,12H2,1-2H3. The lowest BCUT2D eigenvalue weighted by Crippen LogP contribution is -2.17. The fourth-order valence-electron chi connectivity index (χ4n) is 3.25. The molecule has 0 fully saturated rings. The normalized spacial score (nSPS) is 12.0. The first-order valence-corrected chi connectivity index (χ1v) is 9.77. The highest BCUT2D eigenvalue weighted by molar-refractivity contribution is 7.16. The molecule has 0 radical (unpaired) electrons. The first-order chi connectivity index (χ1) is 13.2. The summed E-state index contributed by atoms with van der Waals surface area (Å²) in [7, 11) is 1.58. The van der Waals surface area contributed by atoms with E-state index < -0.39 is 0 Å². The van der Waals surface area contributed by atoms with Gasteiger partial charge in [0.25, 0.3) is 5.91 Å². The van der Waals surface area contributed by atoms with Crippen molar-refractivity contribution in [2.75, 3.05) is 7.11 Å². The van der Waals surface area contributed by atoms with Crippen LogP contribution in [0.25, 0.3) is 21.0 Å². The summed E-state index contributed by atoms with van der Waals surface area (Å²) in [4.78, 5) is 18.2. The number of para-hydroxylation sites is 1. The van der Waals surface area contributed by atoms with Crippen molar-refractivity contribution in [2.24, 2.45) is 4.99 Å². The predicted octanol–water partition coefficient (Wildman–Crippen LogP) is 5.02. The van der Waals surface area contributed by atoms with Crippen LogP contribution in [0.2, 0.25) is 0 Å². The molecule has 4 aromatic rings. The van der Waals surface area contributed by atoms with Crippen molar-refractivity contribution in [2.45, 2.75) is 19.9 Å². The number of thiazole rings is 1. The second-order valence-corrected chi connectivity index (χ2v) is 7.33. The number of carbonyl (C=O) groups is 1. The molecule has 1 heterocycles. The van der Waals surface area contributed by atoms with Gasteiger partial charge in [-0.2, -0.15) is 4.99 Å². The van der Waals surface area contributed by atoms with E-state index >= 15 is 0 Å². The third kappa shape index (κ3) is 3.26. The van der Waals surface area contributed by atoms with Crippen LogP contribution in [-0.4, -0.2) is 17.6 Å². The van der Waals surface area contributed by atoms with Crippen LogP contribution < -0.4 is 9.54 Å². The SMILES string of the molecule is CCCn1c(=NC(=O)c2cc3ccccc3cc2OC)sc2ccccc21. The predicted molar refractivity (Wildman–Crippen MR) is 110 cm³/mol. The quantitative estimate of drug-likeness (QED) is 0.502. The molecular weight excluding hydrogens is 356 g/mol. The molecule has 0 unspecified atom stereocenters. The van der Waals surface area contributed by atoms with Crippen LogP contribution in [-0.2, 0) is 6.54 Å². The lowest BCUT2D eigenvalue weighted by atomic mass is 10.1. The van der Waals surface area contributed by atoms with Crippen molar-refractivity contribution < 1.29 is 9.53 Å². The minimum absolute atomic E-state index is 0.283. The topological polar surface area (TPSA) is 43.6 Å². The molecule has 4 nitrogen and oxygen atoms in total. The summed E-state index contributed by atoms with van der Waals surface area (Å²) in [5.74, 6) is 0.264. The van der Waals surface area contributed by atoms with Crippen LogP contribution in [0.15, 0.2) is 65.7 Å². The zero-order valence-corrected chi connectivity index (χ0v) is 16.1. The number of aromatic nitrogens is 1. The molecule has 0 spiro atoms. The molecule has 0 aliphatic carbocycles. The summed E-state index contributed by atoms with van der Waals surface area (Å²) in [5.41, 5.74) is 1.60.